The molecule has 0 fully saturated rings. The Balaban J connectivity index is 4.40. The minimum atomic E-state index is -3.72. The van der Waals surface area contributed by atoms with Crippen LogP contribution >= 0.6 is 0 Å². The standard InChI is InChI=1S/C8H14N2O4S/c1-3-7(8(11)12)5-10-15(13,14)6(2)4-9/h6-7,10H,3,5H2,1-2H3,(H,11,12). The number of carbonyl (C=O) groups is 1. The van der Waals surface area contributed by atoms with E-state index in [0.717, 1.165) is 0 Å². The Morgan fingerprint density at radius 2 is 2.13 bits per heavy atom. The summed E-state index contributed by atoms with van der Waals surface area (Å²) in [5.74, 6) is -1.81. The van der Waals surface area contributed by atoms with E-state index in [1.807, 2.05) is 0 Å². The summed E-state index contributed by atoms with van der Waals surface area (Å²) in [6.07, 6.45) is 0.332. The van der Waals surface area contributed by atoms with E-state index in [0.29, 0.717) is 6.42 Å². The van der Waals surface area contributed by atoms with Crippen molar-refractivity contribution >= 4 is 16.0 Å². The lowest BCUT2D eigenvalue weighted by Gasteiger charge is -2.12. The average molecular weight is 234 g/mol. The Morgan fingerprint density at radius 1 is 1.60 bits per heavy atom. The third kappa shape index (κ3) is 4.27. The summed E-state index contributed by atoms with van der Waals surface area (Å²) >= 11 is 0. The molecule has 2 N–H and O–H groups in total. The summed E-state index contributed by atoms with van der Waals surface area (Å²) in [7, 11) is -3.72. The molecule has 0 aliphatic rings. The van der Waals surface area contributed by atoms with Crippen molar-refractivity contribution in [1.82, 2.24) is 4.72 Å². The van der Waals surface area contributed by atoms with Gasteiger partial charge in [0, 0.05) is 6.54 Å². The number of nitriles is 1. The zero-order chi connectivity index (χ0) is 12.1. The Bertz CT molecular complexity index is 357. The predicted octanol–water partition coefficient (Wildman–Crippen LogP) is -0.0713. The van der Waals surface area contributed by atoms with Crippen molar-refractivity contribution in [2.24, 2.45) is 5.92 Å². The monoisotopic (exact) mass is 234 g/mol. The van der Waals surface area contributed by atoms with Crippen LogP contribution in [0.1, 0.15) is 20.3 Å². The van der Waals surface area contributed by atoms with Crippen LogP contribution in [0, 0.1) is 17.2 Å². The lowest BCUT2D eigenvalue weighted by molar-refractivity contribution is -0.141. The summed E-state index contributed by atoms with van der Waals surface area (Å²) in [4.78, 5) is 10.6. The molecule has 0 rings (SSSR count). The molecule has 0 aromatic carbocycles. The molecule has 0 aliphatic heterocycles. The van der Waals surface area contributed by atoms with Crippen molar-refractivity contribution in [2.45, 2.75) is 25.5 Å². The Hall–Kier alpha value is -1.13. The molecule has 86 valence electrons. The molecule has 0 bridgehead atoms. The number of hydrogen-bond donors (Lipinski definition) is 2. The fraction of sp³-hybridized carbons (Fsp3) is 0.750. The van der Waals surface area contributed by atoms with E-state index >= 15 is 0 Å². The number of carboxylic acid groups (broad SMARTS) is 1. The predicted molar refractivity (Wildman–Crippen MR) is 53.4 cm³/mol. The van der Waals surface area contributed by atoms with Gasteiger partial charge in [-0.15, -0.1) is 0 Å². The SMILES string of the molecule is CCC(CNS(=O)(=O)C(C)C#N)C(=O)O. The number of nitrogens with zero attached hydrogens (tertiary/aromatic N) is 1. The van der Waals surface area contributed by atoms with Crippen molar-refractivity contribution in [1.29, 1.82) is 5.26 Å². The van der Waals surface area contributed by atoms with Gasteiger partial charge in [-0.2, -0.15) is 5.26 Å². The molecule has 2 atom stereocenters. The van der Waals surface area contributed by atoms with E-state index in [1.165, 1.54) is 6.92 Å². The molecule has 0 heterocycles. The zero-order valence-electron chi connectivity index (χ0n) is 8.60. The fourth-order valence-corrected chi connectivity index (χ4v) is 1.64. The van der Waals surface area contributed by atoms with Gasteiger partial charge < -0.3 is 5.11 Å². The van der Waals surface area contributed by atoms with Crippen molar-refractivity contribution in [3.05, 3.63) is 0 Å². The number of hydrogen-bond acceptors (Lipinski definition) is 4. The molecule has 0 aromatic rings. The first kappa shape index (κ1) is 13.9. The molecule has 0 aromatic heterocycles. The van der Waals surface area contributed by atoms with Crippen LogP contribution in [0.4, 0.5) is 0 Å². The van der Waals surface area contributed by atoms with Gasteiger partial charge in [-0.3, -0.25) is 4.79 Å². The molecule has 15 heavy (non-hydrogen) atoms. The van der Waals surface area contributed by atoms with E-state index in [4.69, 9.17) is 10.4 Å². The number of carboxylic acids is 1. The molecule has 6 nitrogen and oxygen atoms in total. The normalized spacial score (nSPS) is 15.3. The number of aliphatic carboxylic acids is 1. The molecule has 0 saturated carbocycles. The summed E-state index contributed by atoms with van der Waals surface area (Å²) in [6.45, 7) is 2.71. The van der Waals surface area contributed by atoms with Crippen LogP contribution in [0.25, 0.3) is 0 Å². The second-order valence-electron chi connectivity index (χ2n) is 3.11. The van der Waals surface area contributed by atoms with Crippen molar-refractivity contribution in [3.8, 4) is 6.07 Å². The van der Waals surface area contributed by atoms with Crippen LogP contribution in [0.5, 0.6) is 0 Å². The van der Waals surface area contributed by atoms with Gasteiger partial charge in [-0.1, -0.05) is 6.92 Å². The van der Waals surface area contributed by atoms with Crippen molar-refractivity contribution < 1.29 is 18.3 Å². The van der Waals surface area contributed by atoms with Crippen LogP contribution in [-0.2, 0) is 14.8 Å². The van der Waals surface area contributed by atoms with Crippen LogP contribution in [-0.4, -0.2) is 31.3 Å². The lowest BCUT2D eigenvalue weighted by atomic mass is 10.1. The highest BCUT2D eigenvalue weighted by molar-refractivity contribution is 7.90. The van der Waals surface area contributed by atoms with Gasteiger partial charge in [0.05, 0.1) is 12.0 Å². The second-order valence-corrected chi connectivity index (χ2v) is 5.19. The number of rotatable bonds is 6. The summed E-state index contributed by atoms with van der Waals surface area (Å²) in [5, 5.41) is 15.9. The van der Waals surface area contributed by atoms with Crippen LogP contribution < -0.4 is 4.72 Å². The Kier molecular flexibility index (Phi) is 5.25. The third-order valence-corrected chi connectivity index (χ3v) is 3.63. The number of nitrogens with one attached hydrogen (secondary N) is 1. The van der Waals surface area contributed by atoms with Gasteiger partial charge in [-0.25, -0.2) is 13.1 Å². The maximum absolute atomic E-state index is 11.3. The quantitative estimate of drug-likeness (QED) is 0.668. The number of sulfonamides is 1. The molecule has 0 aliphatic carbocycles. The maximum Gasteiger partial charge on any atom is 0.307 e. The molecular formula is C8H14N2O4S. The first-order valence-corrected chi connectivity index (χ1v) is 6.00. The maximum atomic E-state index is 11.3. The Morgan fingerprint density at radius 3 is 2.47 bits per heavy atom. The molecule has 0 spiro atoms. The highest BCUT2D eigenvalue weighted by Gasteiger charge is 2.23. The first-order valence-electron chi connectivity index (χ1n) is 4.46. The van der Waals surface area contributed by atoms with Gasteiger partial charge in [-0.05, 0) is 13.3 Å². The Labute approximate surface area is 89.0 Å². The molecule has 0 amide bonds. The van der Waals surface area contributed by atoms with Gasteiger partial charge in [0.15, 0.2) is 5.25 Å². The smallest absolute Gasteiger partial charge is 0.307 e. The summed E-state index contributed by atoms with van der Waals surface area (Å²) < 4.78 is 24.7. The molecule has 0 saturated heterocycles. The third-order valence-electron chi connectivity index (χ3n) is 2.02. The van der Waals surface area contributed by atoms with Crippen molar-refractivity contribution in [2.75, 3.05) is 6.54 Å². The second kappa shape index (κ2) is 5.68. The van der Waals surface area contributed by atoms with Crippen LogP contribution in [0.3, 0.4) is 0 Å². The lowest BCUT2D eigenvalue weighted by Crippen LogP contribution is -2.37. The fourth-order valence-electron chi connectivity index (χ4n) is 0.817. The summed E-state index contributed by atoms with van der Waals surface area (Å²) in [6, 6.07) is 1.58. The molecule has 7 heteroatoms. The topological polar surface area (TPSA) is 107 Å². The molecule has 2 unspecified atom stereocenters. The van der Waals surface area contributed by atoms with E-state index in [-0.39, 0.29) is 6.54 Å². The van der Waals surface area contributed by atoms with E-state index in [9.17, 15) is 13.2 Å². The van der Waals surface area contributed by atoms with E-state index < -0.39 is 27.2 Å². The largest absolute Gasteiger partial charge is 0.481 e. The highest BCUT2D eigenvalue weighted by Crippen LogP contribution is 2.03. The minimum absolute atomic E-state index is 0.180. The van der Waals surface area contributed by atoms with Gasteiger partial charge in [0.25, 0.3) is 0 Å². The van der Waals surface area contributed by atoms with Gasteiger partial charge >= 0.3 is 5.97 Å². The zero-order valence-corrected chi connectivity index (χ0v) is 9.41. The minimum Gasteiger partial charge on any atom is -0.481 e. The highest BCUT2D eigenvalue weighted by atomic mass is 32.2. The summed E-state index contributed by atoms with van der Waals surface area (Å²) in [5.41, 5.74) is 0. The first-order chi connectivity index (χ1) is 6.85. The van der Waals surface area contributed by atoms with E-state index in [2.05, 4.69) is 4.72 Å². The van der Waals surface area contributed by atoms with Crippen molar-refractivity contribution in [3.63, 3.8) is 0 Å². The molecule has 0 radical (unpaired) electrons. The van der Waals surface area contributed by atoms with E-state index in [1.54, 1.807) is 13.0 Å². The van der Waals surface area contributed by atoms with Gasteiger partial charge in [0.2, 0.25) is 10.0 Å². The van der Waals surface area contributed by atoms with Gasteiger partial charge in [0.1, 0.15) is 0 Å². The van der Waals surface area contributed by atoms with Crippen LogP contribution in [0.2, 0.25) is 0 Å². The molecular weight excluding hydrogens is 220 g/mol. The average Bonchev–Trinajstić information content (AvgIpc) is 2.16. The van der Waals surface area contributed by atoms with Crippen LogP contribution in [0.15, 0.2) is 0 Å².